The van der Waals surface area contributed by atoms with Crippen LogP contribution < -0.4 is 20.2 Å². The van der Waals surface area contributed by atoms with Crippen molar-refractivity contribution in [1.82, 2.24) is 25.6 Å². The van der Waals surface area contributed by atoms with Crippen LogP contribution in [0.4, 0.5) is 4.79 Å². The third-order valence-electron chi connectivity index (χ3n) is 7.56. The van der Waals surface area contributed by atoms with E-state index in [1.165, 1.54) is 12.8 Å². The first-order chi connectivity index (χ1) is 15.9. The lowest BCUT2D eigenvalue weighted by Crippen LogP contribution is -2.73. The van der Waals surface area contributed by atoms with E-state index in [-0.39, 0.29) is 30.2 Å². The van der Waals surface area contributed by atoms with Gasteiger partial charge in [-0.05, 0) is 56.9 Å². The minimum absolute atomic E-state index is 0.0557. The summed E-state index contributed by atoms with van der Waals surface area (Å²) in [7, 11) is 1.60. The molecule has 3 heterocycles. The summed E-state index contributed by atoms with van der Waals surface area (Å²) in [4.78, 5) is 29.5. The molecule has 0 bridgehead atoms. The van der Waals surface area contributed by atoms with Crippen LogP contribution in [0.15, 0.2) is 24.3 Å². The molecule has 0 radical (unpaired) electrons. The van der Waals surface area contributed by atoms with Crippen LogP contribution in [0.25, 0.3) is 0 Å². The maximum Gasteiger partial charge on any atom is 0.416 e. The zero-order valence-electron chi connectivity index (χ0n) is 19.7. The minimum Gasteiger partial charge on any atom is -0.497 e. The van der Waals surface area contributed by atoms with Crippen molar-refractivity contribution in [3.05, 3.63) is 24.3 Å². The number of carbonyl (C=O) groups is 2. The van der Waals surface area contributed by atoms with E-state index in [0.717, 1.165) is 25.9 Å². The molecule has 4 unspecified atom stereocenters. The number of carbonyl (C=O) groups excluding carboxylic acids is 2. The smallest absolute Gasteiger partial charge is 0.416 e. The number of hydrazine groups is 1. The van der Waals surface area contributed by atoms with E-state index < -0.39 is 0 Å². The summed E-state index contributed by atoms with van der Waals surface area (Å²) < 4.78 is 10.9. The van der Waals surface area contributed by atoms with Gasteiger partial charge < -0.3 is 14.4 Å². The molecule has 0 spiro atoms. The number of nitrogens with zero attached hydrogens (tertiary/aromatic N) is 3. The number of hydrogen-bond donors (Lipinski definition) is 2. The monoisotopic (exact) mass is 457 g/mol. The normalized spacial score (nSPS) is 32.4. The number of amides is 2. The Bertz CT molecular complexity index is 876. The van der Waals surface area contributed by atoms with Gasteiger partial charge >= 0.3 is 6.09 Å². The number of nitrogens with one attached hydrogen (secondary N) is 2. The van der Waals surface area contributed by atoms with Gasteiger partial charge in [0.05, 0.1) is 13.2 Å². The topological polar surface area (TPSA) is 86.4 Å². The summed E-state index contributed by atoms with van der Waals surface area (Å²) in [5, 5.41) is 6.15. The molecule has 5 atom stereocenters. The Kier molecular flexibility index (Phi) is 6.20. The lowest BCUT2D eigenvalue weighted by molar-refractivity contribution is -0.142. The zero-order chi connectivity index (χ0) is 23.1. The van der Waals surface area contributed by atoms with Gasteiger partial charge in [-0.15, -0.1) is 0 Å². The van der Waals surface area contributed by atoms with Crippen LogP contribution in [0.3, 0.4) is 0 Å². The SMILES string of the molecule is COc1ccc(OC(=O)N2C[C@H](C)N(C(C)=O)C3CCC(C4CNN(C5CC5)C4)NC32)cc1. The summed E-state index contributed by atoms with van der Waals surface area (Å²) in [6.45, 7) is 6.05. The van der Waals surface area contributed by atoms with E-state index in [4.69, 9.17) is 9.47 Å². The second-order valence-corrected chi connectivity index (χ2v) is 9.84. The number of hydrogen-bond acceptors (Lipinski definition) is 7. The fourth-order valence-corrected chi connectivity index (χ4v) is 5.78. The van der Waals surface area contributed by atoms with Crippen molar-refractivity contribution in [2.24, 2.45) is 5.92 Å². The first kappa shape index (κ1) is 22.4. The number of ether oxygens (including phenoxy) is 2. The Morgan fingerprint density at radius 1 is 1.03 bits per heavy atom. The van der Waals surface area contributed by atoms with Crippen molar-refractivity contribution in [3.8, 4) is 11.5 Å². The third kappa shape index (κ3) is 4.54. The molecule has 0 aromatic heterocycles. The number of piperidine rings is 1. The summed E-state index contributed by atoms with van der Waals surface area (Å²) in [5.41, 5.74) is 3.56. The predicted molar refractivity (Wildman–Crippen MR) is 123 cm³/mol. The first-order valence-electron chi connectivity index (χ1n) is 12.1. The number of rotatable bonds is 4. The van der Waals surface area contributed by atoms with Gasteiger partial charge in [-0.2, -0.15) is 0 Å². The largest absolute Gasteiger partial charge is 0.497 e. The molecule has 4 fully saturated rings. The standard InChI is InChI=1S/C24H35N5O4/c1-15-13-27(24(31)33-20-8-6-19(32-3)7-9-20)23-22(29(15)16(2)30)11-10-21(26-23)17-12-25-28(14-17)18-4-5-18/h6-9,15,17-18,21-23,25-26H,4-5,10-14H2,1-3H3/t15-,17?,21?,22?,23?/m0/s1. The lowest BCUT2D eigenvalue weighted by Gasteiger charge is -2.54. The van der Waals surface area contributed by atoms with Crippen molar-refractivity contribution in [2.45, 2.75) is 69.9 Å². The highest BCUT2D eigenvalue weighted by Crippen LogP contribution is 2.34. The molecule has 4 aliphatic rings. The molecular weight excluding hydrogens is 422 g/mol. The van der Waals surface area contributed by atoms with Crippen molar-refractivity contribution < 1.29 is 19.1 Å². The predicted octanol–water partition coefficient (Wildman–Crippen LogP) is 1.79. The second kappa shape index (κ2) is 9.12. The van der Waals surface area contributed by atoms with Crippen LogP contribution in [0.1, 0.15) is 39.5 Å². The summed E-state index contributed by atoms with van der Waals surface area (Å²) in [6, 6.07) is 7.87. The molecule has 1 aromatic carbocycles. The fourth-order valence-electron chi connectivity index (χ4n) is 5.78. The van der Waals surface area contributed by atoms with Crippen LogP contribution in [-0.4, -0.2) is 83.9 Å². The molecule has 9 nitrogen and oxygen atoms in total. The van der Waals surface area contributed by atoms with Crippen LogP contribution >= 0.6 is 0 Å². The Morgan fingerprint density at radius 3 is 2.42 bits per heavy atom. The quantitative estimate of drug-likeness (QED) is 0.713. The molecule has 1 aliphatic carbocycles. The van der Waals surface area contributed by atoms with Crippen LogP contribution in [0.2, 0.25) is 0 Å². The molecule has 3 saturated heterocycles. The Morgan fingerprint density at radius 2 is 1.76 bits per heavy atom. The van der Waals surface area contributed by atoms with Gasteiger partial charge in [0.2, 0.25) is 5.91 Å². The van der Waals surface area contributed by atoms with Crippen molar-refractivity contribution in [3.63, 3.8) is 0 Å². The fraction of sp³-hybridized carbons (Fsp3) is 0.667. The van der Waals surface area contributed by atoms with E-state index in [2.05, 4.69) is 15.8 Å². The number of fused-ring (bicyclic) bond motifs is 1. The van der Waals surface area contributed by atoms with Crippen molar-refractivity contribution in [1.29, 1.82) is 0 Å². The molecular formula is C24H35N5O4. The molecule has 9 heteroatoms. The van der Waals surface area contributed by atoms with Crippen molar-refractivity contribution >= 4 is 12.0 Å². The zero-order valence-corrected chi connectivity index (χ0v) is 19.7. The molecule has 2 N–H and O–H groups in total. The van der Waals surface area contributed by atoms with E-state index in [9.17, 15) is 9.59 Å². The Balaban J connectivity index is 1.32. The Hall–Kier alpha value is -2.36. The highest BCUT2D eigenvalue weighted by molar-refractivity contribution is 5.76. The van der Waals surface area contributed by atoms with E-state index in [1.807, 2.05) is 11.8 Å². The van der Waals surface area contributed by atoms with E-state index >= 15 is 0 Å². The van der Waals surface area contributed by atoms with Gasteiger partial charge in [-0.3, -0.25) is 20.4 Å². The molecule has 180 valence electrons. The molecule has 33 heavy (non-hydrogen) atoms. The van der Waals surface area contributed by atoms with Gasteiger partial charge in [-0.1, -0.05) is 0 Å². The molecule has 3 aliphatic heterocycles. The van der Waals surface area contributed by atoms with Crippen LogP contribution in [0.5, 0.6) is 11.5 Å². The van der Waals surface area contributed by atoms with Gasteiger partial charge in [0.1, 0.15) is 17.7 Å². The highest BCUT2D eigenvalue weighted by Gasteiger charge is 2.49. The maximum absolute atomic E-state index is 13.3. The third-order valence-corrected chi connectivity index (χ3v) is 7.56. The summed E-state index contributed by atoms with van der Waals surface area (Å²) in [6.07, 6.45) is 3.77. The van der Waals surface area contributed by atoms with Gasteiger partial charge in [0, 0.05) is 50.6 Å². The molecule has 5 rings (SSSR count). The minimum atomic E-state index is -0.387. The molecule has 1 aromatic rings. The van der Waals surface area contributed by atoms with E-state index in [1.54, 1.807) is 43.2 Å². The number of methoxy groups -OCH3 is 1. The highest BCUT2D eigenvalue weighted by atomic mass is 16.6. The number of benzene rings is 1. The lowest BCUT2D eigenvalue weighted by atomic mass is 9.86. The number of piperazine rings is 1. The summed E-state index contributed by atoms with van der Waals surface area (Å²) in [5.74, 6) is 1.73. The maximum atomic E-state index is 13.3. The molecule has 1 saturated carbocycles. The summed E-state index contributed by atoms with van der Waals surface area (Å²) >= 11 is 0. The van der Waals surface area contributed by atoms with Crippen LogP contribution in [0, 0.1) is 5.92 Å². The second-order valence-electron chi connectivity index (χ2n) is 9.84. The molecule has 2 amide bonds. The van der Waals surface area contributed by atoms with Gasteiger partial charge in [-0.25, -0.2) is 9.80 Å². The Labute approximate surface area is 195 Å². The van der Waals surface area contributed by atoms with Crippen LogP contribution in [-0.2, 0) is 4.79 Å². The first-order valence-corrected chi connectivity index (χ1v) is 12.1. The van der Waals surface area contributed by atoms with Crippen molar-refractivity contribution in [2.75, 3.05) is 26.7 Å². The van der Waals surface area contributed by atoms with E-state index in [0.29, 0.717) is 36.0 Å². The van der Waals surface area contributed by atoms with Gasteiger partial charge in [0.15, 0.2) is 0 Å². The van der Waals surface area contributed by atoms with Gasteiger partial charge in [0.25, 0.3) is 0 Å². The average Bonchev–Trinajstić information content (AvgIpc) is 3.54. The average molecular weight is 458 g/mol.